The molecule has 1 aliphatic rings. The van der Waals surface area contributed by atoms with Crippen molar-refractivity contribution >= 4 is 27.3 Å². The molecule has 0 unspecified atom stereocenters. The first-order valence-corrected chi connectivity index (χ1v) is 9.10. The molecule has 0 heterocycles. The van der Waals surface area contributed by atoms with Crippen molar-refractivity contribution in [1.82, 2.24) is 0 Å². The van der Waals surface area contributed by atoms with Crippen LogP contribution in [0, 0.1) is 0 Å². The highest BCUT2D eigenvalue weighted by molar-refractivity contribution is 7.92. The van der Waals surface area contributed by atoms with E-state index in [1.165, 1.54) is 23.8 Å². The third kappa shape index (κ3) is 3.62. The highest BCUT2D eigenvalue weighted by Crippen LogP contribution is 2.30. The maximum atomic E-state index is 12.5. The zero-order valence-electron chi connectivity index (χ0n) is 12.4. The summed E-state index contributed by atoms with van der Waals surface area (Å²) in [5.74, 6) is -0.216. The molecule has 0 fully saturated rings. The van der Waals surface area contributed by atoms with Crippen LogP contribution in [0.4, 0.5) is 14.5 Å². The molecule has 8 heteroatoms. The second-order valence-electron chi connectivity index (χ2n) is 5.41. The van der Waals surface area contributed by atoms with Gasteiger partial charge in [0.15, 0.2) is 0 Å². The number of hydrogen-bond donors (Lipinski definition) is 1. The number of ether oxygens (including phenoxy) is 1. The summed E-state index contributed by atoms with van der Waals surface area (Å²) >= 11 is 5.83. The topological polar surface area (TPSA) is 55.4 Å². The summed E-state index contributed by atoms with van der Waals surface area (Å²) in [6.45, 7) is -3.00. The molecule has 2 aromatic rings. The molecule has 3 rings (SSSR count). The Labute approximate surface area is 143 Å². The van der Waals surface area contributed by atoms with Crippen LogP contribution in [0.25, 0.3) is 0 Å². The van der Waals surface area contributed by atoms with Gasteiger partial charge in [0.2, 0.25) is 0 Å². The molecule has 0 saturated carbocycles. The minimum atomic E-state index is -3.79. The smallest absolute Gasteiger partial charge is 0.387 e. The first kappa shape index (κ1) is 17.0. The van der Waals surface area contributed by atoms with Gasteiger partial charge in [-0.3, -0.25) is 4.72 Å². The van der Waals surface area contributed by atoms with Gasteiger partial charge in [0.05, 0.1) is 15.6 Å². The maximum absolute atomic E-state index is 12.5. The fraction of sp³-hybridized carbons (Fsp3) is 0.250. The van der Waals surface area contributed by atoms with Gasteiger partial charge in [0.1, 0.15) is 5.75 Å². The average molecular weight is 374 g/mol. The van der Waals surface area contributed by atoms with Gasteiger partial charge in [0, 0.05) is 0 Å². The minimum Gasteiger partial charge on any atom is -0.433 e. The number of rotatable bonds is 5. The van der Waals surface area contributed by atoms with E-state index in [1.54, 1.807) is 12.1 Å². The van der Waals surface area contributed by atoms with Crippen LogP contribution in [-0.4, -0.2) is 15.0 Å². The summed E-state index contributed by atoms with van der Waals surface area (Å²) in [5, 5.41) is -0.107. The summed E-state index contributed by atoms with van der Waals surface area (Å²) in [4.78, 5) is 0.159. The van der Waals surface area contributed by atoms with Crippen LogP contribution in [0.1, 0.15) is 17.5 Å². The molecule has 1 N–H and O–H groups in total. The summed E-state index contributed by atoms with van der Waals surface area (Å²) < 4.78 is 56.0. The first-order valence-electron chi connectivity index (χ1n) is 7.24. The van der Waals surface area contributed by atoms with Crippen LogP contribution in [-0.2, 0) is 22.9 Å². The van der Waals surface area contributed by atoms with E-state index in [0.29, 0.717) is 0 Å². The lowest BCUT2D eigenvalue weighted by Crippen LogP contribution is -2.13. The summed E-state index contributed by atoms with van der Waals surface area (Å²) in [7, 11) is -3.79. The molecular formula is C16H14ClF2NO3S. The SMILES string of the molecule is O=S(=O)(Nc1ccc(OC(F)F)c(Cl)c1)c1ccc2c(c1)CCC2. The van der Waals surface area contributed by atoms with Gasteiger partial charge in [-0.1, -0.05) is 17.7 Å². The van der Waals surface area contributed by atoms with Crippen LogP contribution in [0.3, 0.4) is 0 Å². The molecule has 0 spiro atoms. The third-order valence-corrected chi connectivity index (χ3v) is 5.45. The van der Waals surface area contributed by atoms with Gasteiger partial charge in [-0.05, 0) is 60.7 Å². The van der Waals surface area contributed by atoms with Crippen molar-refractivity contribution < 1.29 is 21.9 Å². The quantitative estimate of drug-likeness (QED) is 0.853. The summed E-state index contributed by atoms with van der Waals surface area (Å²) in [6.07, 6.45) is 2.85. The van der Waals surface area contributed by atoms with Crippen LogP contribution in [0.15, 0.2) is 41.3 Å². The van der Waals surface area contributed by atoms with E-state index >= 15 is 0 Å². The number of halogens is 3. The monoisotopic (exact) mass is 373 g/mol. The highest BCUT2D eigenvalue weighted by Gasteiger charge is 2.19. The molecular weight excluding hydrogens is 360 g/mol. The van der Waals surface area contributed by atoms with E-state index in [0.717, 1.165) is 24.8 Å². The number of aryl methyl sites for hydroxylation is 2. The third-order valence-electron chi connectivity index (χ3n) is 3.78. The normalized spacial score (nSPS) is 13.8. The van der Waals surface area contributed by atoms with Gasteiger partial charge in [0.25, 0.3) is 10.0 Å². The lowest BCUT2D eigenvalue weighted by molar-refractivity contribution is -0.0497. The lowest BCUT2D eigenvalue weighted by Gasteiger charge is -2.12. The fourth-order valence-electron chi connectivity index (χ4n) is 2.69. The molecule has 0 radical (unpaired) electrons. The molecule has 4 nitrogen and oxygen atoms in total. The number of sulfonamides is 1. The Balaban J connectivity index is 1.83. The largest absolute Gasteiger partial charge is 0.433 e. The van der Waals surface area contributed by atoms with Crippen molar-refractivity contribution in [3.8, 4) is 5.75 Å². The second-order valence-corrected chi connectivity index (χ2v) is 7.50. The molecule has 2 aromatic carbocycles. The Morgan fingerprint density at radius 2 is 1.83 bits per heavy atom. The Bertz CT molecular complexity index is 872. The molecule has 0 saturated heterocycles. The van der Waals surface area contributed by atoms with Crippen molar-refractivity contribution in [1.29, 1.82) is 0 Å². The number of fused-ring (bicyclic) bond motifs is 1. The molecule has 0 aliphatic heterocycles. The van der Waals surface area contributed by atoms with E-state index in [2.05, 4.69) is 9.46 Å². The van der Waals surface area contributed by atoms with Crippen molar-refractivity contribution in [2.24, 2.45) is 0 Å². The Kier molecular flexibility index (Phi) is 4.64. The van der Waals surface area contributed by atoms with Crippen molar-refractivity contribution in [3.05, 3.63) is 52.5 Å². The molecule has 0 amide bonds. The summed E-state index contributed by atoms with van der Waals surface area (Å²) in [6, 6.07) is 8.78. The van der Waals surface area contributed by atoms with E-state index < -0.39 is 16.6 Å². The van der Waals surface area contributed by atoms with E-state index in [1.807, 2.05) is 6.07 Å². The standard InChI is InChI=1S/C16H14ClF2NO3S/c17-14-9-12(5-7-15(14)23-16(18)19)20-24(21,22)13-6-4-10-2-1-3-11(10)8-13/h4-9,16,20H,1-3H2. The van der Waals surface area contributed by atoms with Crippen LogP contribution in [0.2, 0.25) is 5.02 Å². The Morgan fingerprint density at radius 1 is 1.08 bits per heavy atom. The number of hydrogen-bond acceptors (Lipinski definition) is 3. The van der Waals surface area contributed by atoms with E-state index in [9.17, 15) is 17.2 Å². The van der Waals surface area contributed by atoms with Gasteiger partial charge >= 0.3 is 6.61 Å². The maximum Gasteiger partial charge on any atom is 0.387 e. The van der Waals surface area contributed by atoms with Crippen molar-refractivity contribution in [2.75, 3.05) is 4.72 Å². The fourth-order valence-corrected chi connectivity index (χ4v) is 4.01. The zero-order chi connectivity index (χ0) is 17.3. The van der Waals surface area contributed by atoms with Gasteiger partial charge < -0.3 is 4.74 Å². The first-order chi connectivity index (χ1) is 11.3. The predicted molar refractivity (Wildman–Crippen MR) is 87.4 cm³/mol. The number of anilines is 1. The van der Waals surface area contributed by atoms with E-state index in [-0.39, 0.29) is 21.4 Å². The number of alkyl halides is 2. The Morgan fingerprint density at radius 3 is 2.54 bits per heavy atom. The molecule has 0 bridgehead atoms. The van der Waals surface area contributed by atoms with Gasteiger partial charge in [-0.25, -0.2) is 8.42 Å². The van der Waals surface area contributed by atoms with Gasteiger partial charge in [-0.15, -0.1) is 0 Å². The lowest BCUT2D eigenvalue weighted by atomic mass is 10.1. The van der Waals surface area contributed by atoms with Gasteiger partial charge in [-0.2, -0.15) is 8.78 Å². The molecule has 24 heavy (non-hydrogen) atoms. The number of benzene rings is 2. The Hall–Kier alpha value is -1.86. The van der Waals surface area contributed by atoms with Crippen molar-refractivity contribution in [2.45, 2.75) is 30.8 Å². The van der Waals surface area contributed by atoms with Crippen LogP contribution >= 0.6 is 11.6 Å². The predicted octanol–water partition coefficient (Wildman–Crippen LogP) is 4.23. The molecule has 0 aromatic heterocycles. The number of nitrogens with one attached hydrogen (secondary N) is 1. The molecule has 0 atom stereocenters. The zero-order valence-corrected chi connectivity index (χ0v) is 14.0. The van der Waals surface area contributed by atoms with Crippen molar-refractivity contribution in [3.63, 3.8) is 0 Å². The average Bonchev–Trinajstić information content (AvgIpc) is 2.97. The molecule has 128 valence electrons. The highest BCUT2D eigenvalue weighted by atomic mass is 35.5. The van der Waals surface area contributed by atoms with E-state index in [4.69, 9.17) is 11.6 Å². The van der Waals surface area contributed by atoms with Crippen LogP contribution < -0.4 is 9.46 Å². The second kappa shape index (κ2) is 6.57. The minimum absolute atomic E-state index is 0.107. The molecule has 1 aliphatic carbocycles. The van der Waals surface area contributed by atoms with Crippen LogP contribution in [0.5, 0.6) is 5.75 Å². The summed E-state index contributed by atoms with van der Waals surface area (Å²) in [5.41, 5.74) is 2.38.